The van der Waals surface area contributed by atoms with Crippen molar-refractivity contribution in [3.8, 4) is 0 Å². The van der Waals surface area contributed by atoms with Crippen molar-refractivity contribution in [3.63, 3.8) is 0 Å². The number of hydrogen-bond donors (Lipinski definition) is 2. The number of nitrogens with zero attached hydrogens (tertiary/aromatic N) is 2. The normalized spacial score (nSPS) is 15.2. The predicted octanol–water partition coefficient (Wildman–Crippen LogP) is -0.249. The minimum Gasteiger partial charge on any atom is -0.478 e. The molecule has 1 aliphatic heterocycles. The van der Waals surface area contributed by atoms with Gasteiger partial charge in [-0.3, -0.25) is 14.6 Å². The van der Waals surface area contributed by atoms with Gasteiger partial charge in [0.15, 0.2) is 0 Å². The van der Waals surface area contributed by atoms with Gasteiger partial charge in [0.2, 0.25) is 5.91 Å². The average molecular weight is 275 g/mol. The van der Waals surface area contributed by atoms with E-state index in [1.807, 2.05) is 0 Å². The molecule has 0 spiro atoms. The number of nitrogens with one attached hydrogen (secondary N) is 1. The number of rotatable bonds is 3. The standard InChI is InChI=1S/C13H13N3O4/c17-11-8-16(6-5-14-11)13(20)10-3-1-9(7-15-10)2-4-12(18)19/h1-4,7H,5-6,8H2,(H,14,17)(H,18,19). The first-order valence-electron chi connectivity index (χ1n) is 5.99. The molecule has 0 bridgehead atoms. The van der Waals surface area contributed by atoms with Crippen molar-refractivity contribution in [2.45, 2.75) is 0 Å². The first-order chi connectivity index (χ1) is 9.56. The summed E-state index contributed by atoms with van der Waals surface area (Å²) < 4.78 is 0. The van der Waals surface area contributed by atoms with E-state index in [9.17, 15) is 14.4 Å². The Labute approximate surface area is 114 Å². The molecule has 20 heavy (non-hydrogen) atoms. The highest BCUT2D eigenvalue weighted by atomic mass is 16.4. The number of aliphatic carboxylic acids is 1. The molecule has 7 heteroatoms. The average Bonchev–Trinajstić information content (AvgIpc) is 2.45. The predicted molar refractivity (Wildman–Crippen MR) is 69.8 cm³/mol. The van der Waals surface area contributed by atoms with Crippen LogP contribution < -0.4 is 5.32 Å². The molecule has 1 saturated heterocycles. The summed E-state index contributed by atoms with van der Waals surface area (Å²) in [6.45, 7) is 0.915. The molecule has 0 radical (unpaired) electrons. The Morgan fingerprint density at radius 3 is 2.80 bits per heavy atom. The van der Waals surface area contributed by atoms with Gasteiger partial charge < -0.3 is 15.3 Å². The molecule has 1 aromatic heterocycles. The largest absolute Gasteiger partial charge is 0.478 e. The third kappa shape index (κ3) is 3.41. The number of aromatic nitrogens is 1. The zero-order chi connectivity index (χ0) is 14.5. The Morgan fingerprint density at radius 2 is 2.20 bits per heavy atom. The maximum absolute atomic E-state index is 12.1. The summed E-state index contributed by atoms with van der Waals surface area (Å²) in [6, 6.07) is 3.11. The van der Waals surface area contributed by atoms with Gasteiger partial charge in [0.1, 0.15) is 5.69 Å². The first-order valence-corrected chi connectivity index (χ1v) is 5.99. The number of carbonyl (C=O) groups is 3. The van der Waals surface area contributed by atoms with Crippen LogP contribution in [0, 0.1) is 0 Å². The van der Waals surface area contributed by atoms with Crippen molar-refractivity contribution < 1.29 is 19.5 Å². The quantitative estimate of drug-likeness (QED) is 0.741. The zero-order valence-corrected chi connectivity index (χ0v) is 10.6. The highest BCUT2D eigenvalue weighted by Crippen LogP contribution is 2.07. The fraction of sp³-hybridized carbons (Fsp3) is 0.231. The van der Waals surface area contributed by atoms with Crippen LogP contribution in [-0.2, 0) is 9.59 Å². The minimum absolute atomic E-state index is 0.0290. The van der Waals surface area contributed by atoms with Crippen molar-refractivity contribution in [1.82, 2.24) is 15.2 Å². The van der Waals surface area contributed by atoms with Gasteiger partial charge in [0.05, 0.1) is 6.54 Å². The lowest BCUT2D eigenvalue weighted by atomic mass is 10.2. The van der Waals surface area contributed by atoms with Crippen molar-refractivity contribution in [2.75, 3.05) is 19.6 Å². The Hall–Kier alpha value is -2.70. The summed E-state index contributed by atoms with van der Waals surface area (Å²) in [5.41, 5.74) is 0.813. The van der Waals surface area contributed by atoms with Crippen LogP contribution >= 0.6 is 0 Å². The van der Waals surface area contributed by atoms with Gasteiger partial charge in [-0.1, -0.05) is 6.07 Å². The molecule has 7 nitrogen and oxygen atoms in total. The van der Waals surface area contributed by atoms with Crippen LogP contribution in [0.4, 0.5) is 0 Å². The number of pyridine rings is 1. The van der Waals surface area contributed by atoms with E-state index >= 15 is 0 Å². The van der Waals surface area contributed by atoms with E-state index in [1.54, 1.807) is 6.07 Å². The van der Waals surface area contributed by atoms with E-state index in [-0.39, 0.29) is 24.1 Å². The number of piperazine rings is 1. The van der Waals surface area contributed by atoms with Crippen molar-refractivity contribution >= 4 is 23.9 Å². The number of carboxylic acids is 1. The summed E-state index contributed by atoms with van der Waals surface area (Å²) in [6.07, 6.45) is 3.79. The Balaban J connectivity index is 2.07. The maximum atomic E-state index is 12.1. The smallest absolute Gasteiger partial charge is 0.328 e. The lowest BCUT2D eigenvalue weighted by Crippen LogP contribution is -2.50. The summed E-state index contributed by atoms with van der Waals surface area (Å²) in [7, 11) is 0. The maximum Gasteiger partial charge on any atom is 0.328 e. The minimum atomic E-state index is -1.05. The highest BCUT2D eigenvalue weighted by molar-refractivity contribution is 5.95. The van der Waals surface area contributed by atoms with E-state index in [0.717, 1.165) is 6.08 Å². The van der Waals surface area contributed by atoms with E-state index < -0.39 is 5.97 Å². The number of amides is 2. The van der Waals surface area contributed by atoms with Gasteiger partial charge in [-0.15, -0.1) is 0 Å². The summed E-state index contributed by atoms with van der Waals surface area (Å²) >= 11 is 0. The van der Waals surface area contributed by atoms with Gasteiger partial charge in [0.25, 0.3) is 5.91 Å². The van der Waals surface area contributed by atoms with E-state index in [1.165, 1.54) is 23.2 Å². The fourth-order valence-electron chi connectivity index (χ4n) is 1.77. The topological polar surface area (TPSA) is 99.6 Å². The molecule has 2 N–H and O–H groups in total. The Bertz CT molecular complexity index is 565. The van der Waals surface area contributed by atoms with Crippen LogP contribution in [0.3, 0.4) is 0 Å². The third-order valence-electron chi connectivity index (χ3n) is 2.75. The molecule has 2 amide bonds. The van der Waals surface area contributed by atoms with Crippen LogP contribution in [0.15, 0.2) is 24.4 Å². The molecule has 2 heterocycles. The lowest BCUT2D eigenvalue weighted by Gasteiger charge is -2.26. The van der Waals surface area contributed by atoms with Gasteiger partial charge >= 0.3 is 5.97 Å². The Kier molecular flexibility index (Phi) is 4.09. The van der Waals surface area contributed by atoms with Gasteiger partial charge in [-0.05, 0) is 17.7 Å². The van der Waals surface area contributed by atoms with E-state index in [4.69, 9.17) is 5.11 Å². The molecular formula is C13H13N3O4. The molecule has 0 atom stereocenters. The second-order valence-electron chi connectivity index (χ2n) is 4.23. The van der Waals surface area contributed by atoms with E-state index in [2.05, 4.69) is 10.3 Å². The van der Waals surface area contributed by atoms with Crippen LogP contribution in [-0.4, -0.2) is 52.4 Å². The Morgan fingerprint density at radius 1 is 1.40 bits per heavy atom. The molecule has 104 valence electrons. The van der Waals surface area contributed by atoms with Crippen LogP contribution in [0.2, 0.25) is 0 Å². The van der Waals surface area contributed by atoms with Crippen molar-refractivity contribution in [2.24, 2.45) is 0 Å². The second-order valence-corrected chi connectivity index (χ2v) is 4.23. The highest BCUT2D eigenvalue weighted by Gasteiger charge is 2.22. The molecule has 1 aromatic rings. The molecule has 0 aliphatic carbocycles. The number of carboxylic acid groups (broad SMARTS) is 1. The molecule has 0 aromatic carbocycles. The number of hydrogen-bond acceptors (Lipinski definition) is 4. The molecule has 0 saturated carbocycles. The van der Waals surface area contributed by atoms with Crippen LogP contribution in [0.25, 0.3) is 6.08 Å². The molecule has 2 rings (SSSR count). The second kappa shape index (κ2) is 5.96. The van der Waals surface area contributed by atoms with E-state index in [0.29, 0.717) is 18.7 Å². The summed E-state index contributed by atoms with van der Waals surface area (Å²) in [5.74, 6) is -1.55. The molecule has 1 aliphatic rings. The number of carbonyl (C=O) groups excluding carboxylic acids is 2. The monoisotopic (exact) mass is 275 g/mol. The molecule has 1 fully saturated rings. The fourth-order valence-corrected chi connectivity index (χ4v) is 1.77. The first kappa shape index (κ1) is 13.7. The van der Waals surface area contributed by atoms with Crippen molar-refractivity contribution in [1.29, 1.82) is 0 Å². The molecular weight excluding hydrogens is 262 g/mol. The third-order valence-corrected chi connectivity index (χ3v) is 2.75. The zero-order valence-electron chi connectivity index (χ0n) is 10.6. The van der Waals surface area contributed by atoms with Gasteiger partial charge in [-0.2, -0.15) is 0 Å². The molecule has 0 unspecified atom stereocenters. The van der Waals surface area contributed by atoms with Gasteiger partial charge in [-0.25, -0.2) is 4.79 Å². The summed E-state index contributed by atoms with van der Waals surface area (Å²) in [4.78, 5) is 39.1. The van der Waals surface area contributed by atoms with Gasteiger partial charge in [0, 0.05) is 25.4 Å². The SMILES string of the molecule is O=C(O)C=Cc1ccc(C(=O)N2CCNC(=O)C2)nc1. The van der Waals surface area contributed by atoms with Crippen LogP contribution in [0.5, 0.6) is 0 Å². The summed E-state index contributed by atoms with van der Waals surface area (Å²) in [5, 5.41) is 11.1. The van der Waals surface area contributed by atoms with Crippen LogP contribution in [0.1, 0.15) is 16.1 Å². The van der Waals surface area contributed by atoms with Crippen molar-refractivity contribution in [3.05, 3.63) is 35.7 Å². The lowest BCUT2D eigenvalue weighted by molar-refractivity contribution is -0.131.